The first-order valence-electron chi connectivity index (χ1n) is 10.3. The van der Waals surface area contributed by atoms with Crippen molar-refractivity contribution in [1.82, 2.24) is 9.78 Å². The average molecular weight is 452 g/mol. The number of benzene rings is 2. The van der Waals surface area contributed by atoms with Crippen LogP contribution in [-0.2, 0) is 15.4 Å². The summed E-state index contributed by atoms with van der Waals surface area (Å²) in [4.78, 5) is 0.194. The highest BCUT2D eigenvalue weighted by molar-refractivity contribution is 7.92. The summed E-state index contributed by atoms with van der Waals surface area (Å²) in [5.41, 5.74) is 3.84. The zero-order valence-electron chi connectivity index (χ0n) is 18.8. The van der Waals surface area contributed by atoms with Crippen LogP contribution in [0.2, 0.25) is 0 Å². The summed E-state index contributed by atoms with van der Waals surface area (Å²) in [6.45, 7) is 10.0. The van der Waals surface area contributed by atoms with Crippen LogP contribution in [0.3, 0.4) is 0 Å². The van der Waals surface area contributed by atoms with Crippen LogP contribution in [0.15, 0.2) is 65.7 Å². The highest BCUT2D eigenvalue weighted by Crippen LogP contribution is 2.29. The third kappa shape index (κ3) is 3.93. The summed E-state index contributed by atoms with van der Waals surface area (Å²) in [5, 5.41) is 15.4. The predicted octanol–water partition coefficient (Wildman–Crippen LogP) is 4.27. The van der Waals surface area contributed by atoms with Gasteiger partial charge in [-0.1, -0.05) is 32.9 Å². The minimum absolute atomic E-state index is 0.0759. The Hall–Kier alpha value is -3.39. The molecule has 0 saturated heterocycles. The maximum absolute atomic E-state index is 13.2. The Labute approximate surface area is 188 Å². The number of anilines is 1. The van der Waals surface area contributed by atoms with Crippen LogP contribution in [0.25, 0.3) is 16.6 Å². The zero-order valence-corrected chi connectivity index (χ0v) is 19.6. The third-order valence-corrected chi connectivity index (χ3v) is 6.76. The molecular weight excluding hydrogens is 424 g/mol. The van der Waals surface area contributed by atoms with Gasteiger partial charge in [0.2, 0.25) is 6.20 Å². The Balaban J connectivity index is 1.78. The summed E-state index contributed by atoms with van der Waals surface area (Å²) in [6, 6.07) is 15.8. The van der Waals surface area contributed by atoms with E-state index in [0.29, 0.717) is 22.7 Å². The smallest absolute Gasteiger partial charge is 0.266 e. The molecule has 4 rings (SSSR count). The third-order valence-electron chi connectivity index (χ3n) is 5.41. The number of aryl methyl sites for hydroxylation is 2. The number of nitrogens with one attached hydrogen (secondary N) is 1. The van der Waals surface area contributed by atoms with Crippen LogP contribution in [-0.4, -0.2) is 23.4 Å². The number of rotatable bonds is 4. The minimum atomic E-state index is -3.84. The monoisotopic (exact) mass is 451 g/mol. The molecule has 0 aliphatic rings. The van der Waals surface area contributed by atoms with Crippen molar-refractivity contribution >= 4 is 26.7 Å². The summed E-state index contributed by atoms with van der Waals surface area (Å²) < 4.78 is 31.7. The van der Waals surface area contributed by atoms with Crippen LogP contribution in [0.1, 0.15) is 37.6 Å². The first-order valence-corrected chi connectivity index (χ1v) is 11.8. The van der Waals surface area contributed by atoms with Crippen molar-refractivity contribution in [1.29, 1.82) is 0 Å². The molecule has 0 spiro atoms. The Morgan fingerprint density at radius 2 is 1.78 bits per heavy atom. The first kappa shape index (κ1) is 21.8. The molecule has 2 aromatic heterocycles. The molecule has 166 valence electrons. The summed E-state index contributed by atoms with van der Waals surface area (Å²) in [6.07, 6.45) is 1.54. The van der Waals surface area contributed by atoms with E-state index in [1.54, 1.807) is 48.0 Å². The van der Waals surface area contributed by atoms with Crippen molar-refractivity contribution in [2.24, 2.45) is 0 Å². The Kier molecular flexibility index (Phi) is 5.21. The van der Waals surface area contributed by atoms with Crippen LogP contribution < -0.4 is 9.45 Å². The quantitative estimate of drug-likeness (QED) is 0.358. The summed E-state index contributed by atoms with van der Waals surface area (Å²) >= 11 is 0. The fraction of sp³-hybridized carbons (Fsp3) is 0.250. The standard InChI is InChI=1S/C24H27N4O3S/c1-16-14-18(11-12-20(16)24(3,4)5)32(30,31)26-23-15-17(2)25-28(23)22-10-6-9-21-19(22)8-7-13-27(21)29/h6-15,26,29H,1-5H3/q+1. The van der Waals surface area contributed by atoms with E-state index in [2.05, 4.69) is 30.6 Å². The number of pyridine rings is 1. The number of hydrogen-bond acceptors (Lipinski definition) is 4. The van der Waals surface area contributed by atoms with Gasteiger partial charge in [0.15, 0.2) is 0 Å². The summed E-state index contributed by atoms with van der Waals surface area (Å²) in [5.74, 6) is 0.320. The molecule has 0 fully saturated rings. The number of aromatic nitrogens is 3. The maximum Gasteiger partial charge on any atom is 0.266 e. The van der Waals surface area contributed by atoms with Gasteiger partial charge in [-0.15, -0.1) is 0 Å². The Bertz CT molecular complexity index is 1430. The Morgan fingerprint density at radius 3 is 2.47 bits per heavy atom. The lowest BCUT2D eigenvalue weighted by Gasteiger charge is -2.22. The van der Waals surface area contributed by atoms with E-state index >= 15 is 0 Å². The molecule has 0 saturated carbocycles. The molecule has 4 aromatic rings. The molecule has 0 bridgehead atoms. The second kappa shape index (κ2) is 7.63. The molecule has 2 N–H and O–H groups in total. The molecule has 32 heavy (non-hydrogen) atoms. The molecule has 0 radical (unpaired) electrons. The van der Waals surface area contributed by atoms with Crippen molar-refractivity contribution in [3.05, 3.63) is 77.6 Å². The van der Waals surface area contributed by atoms with E-state index in [1.165, 1.54) is 6.20 Å². The number of hydrogen-bond donors (Lipinski definition) is 2. The van der Waals surface area contributed by atoms with Crippen LogP contribution in [0.4, 0.5) is 5.82 Å². The van der Waals surface area contributed by atoms with Crippen LogP contribution >= 0.6 is 0 Å². The van der Waals surface area contributed by atoms with Crippen molar-refractivity contribution in [3.63, 3.8) is 0 Å². The first-order chi connectivity index (χ1) is 15.0. The second-order valence-corrected chi connectivity index (χ2v) is 10.7. The highest BCUT2D eigenvalue weighted by atomic mass is 32.2. The van der Waals surface area contributed by atoms with Gasteiger partial charge in [0.1, 0.15) is 5.82 Å². The maximum atomic E-state index is 13.2. The van der Waals surface area contributed by atoms with E-state index in [-0.39, 0.29) is 10.3 Å². The fourth-order valence-corrected chi connectivity index (χ4v) is 5.11. The van der Waals surface area contributed by atoms with E-state index < -0.39 is 10.0 Å². The van der Waals surface area contributed by atoms with Gasteiger partial charge in [-0.2, -0.15) is 5.10 Å². The van der Waals surface area contributed by atoms with Gasteiger partial charge in [-0.05, 0) is 54.7 Å². The number of fused-ring (bicyclic) bond motifs is 1. The molecule has 8 heteroatoms. The van der Waals surface area contributed by atoms with Crippen LogP contribution in [0, 0.1) is 13.8 Å². The lowest BCUT2D eigenvalue weighted by Crippen LogP contribution is -2.30. The van der Waals surface area contributed by atoms with Gasteiger partial charge in [-0.3, -0.25) is 9.93 Å². The fourth-order valence-electron chi connectivity index (χ4n) is 3.99. The molecule has 0 amide bonds. The molecule has 0 aliphatic carbocycles. The SMILES string of the molecule is Cc1cc(NS(=O)(=O)c2ccc(C(C)(C)C)c(C)c2)n(-c2cccc3c2ccc[n+]3O)n1. The highest BCUT2D eigenvalue weighted by Gasteiger charge is 2.23. The zero-order chi connectivity index (χ0) is 23.3. The van der Waals surface area contributed by atoms with Crippen molar-refractivity contribution in [3.8, 4) is 5.69 Å². The average Bonchev–Trinajstić information content (AvgIpc) is 3.06. The van der Waals surface area contributed by atoms with Crippen LogP contribution in [0.5, 0.6) is 0 Å². The van der Waals surface area contributed by atoms with E-state index in [1.807, 2.05) is 25.1 Å². The van der Waals surface area contributed by atoms with Gasteiger partial charge in [0, 0.05) is 22.9 Å². The van der Waals surface area contributed by atoms with Gasteiger partial charge in [-0.25, -0.2) is 13.1 Å². The van der Waals surface area contributed by atoms with Gasteiger partial charge >= 0.3 is 0 Å². The van der Waals surface area contributed by atoms with Crippen molar-refractivity contribution < 1.29 is 18.4 Å². The molecule has 2 heterocycles. The summed E-state index contributed by atoms with van der Waals surface area (Å²) in [7, 11) is -3.84. The largest absolute Gasteiger partial charge is 0.285 e. The molecule has 0 unspecified atom stereocenters. The molecular formula is C24H27N4O3S+. The molecule has 0 atom stereocenters. The van der Waals surface area contributed by atoms with E-state index in [0.717, 1.165) is 21.2 Å². The Morgan fingerprint density at radius 1 is 1.03 bits per heavy atom. The van der Waals surface area contributed by atoms with Crippen molar-refractivity contribution in [2.45, 2.75) is 44.9 Å². The van der Waals surface area contributed by atoms with Gasteiger partial charge in [0.05, 0.1) is 21.7 Å². The van der Waals surface area contributed by atoms with E-state index in [4.69, 9.17) is 0 Å². The molecule has 2 aromatic carbocycles. The van der Waals surface area contributed by atoms with E-state index in [9.17, 15) is 13.6 Å². The number of sulfonamides is 1. The van der Waals surface area contributed by atoms with Gasteiger partial charge in [0.25, 0.3) is 15.5 Å². The predicted molar refractivity (Wildman–Crippen MR) is 124 cm³/mol. The molecule has 7 nitrogen and oxygen atoms in total. The topological polar surface area (TPSA) is 88.1 Å². The second-order valence-electron chi connectivity index (χ2n) is 8.98. The van der Waals surface area contributed by atoms with Crippen molar-refractivity contribution in [2.75, 3.05) is 4.72 Å². The lowest BCUT2D eigenvalue weighted by molar-refractivity contribution is -0.884. The number of nitrogens with zero attached hydrogens (tertiary/aromatic N) is 3. The van der Waals surface area contributed by atoms with Gasteiger partial charge < -0.3 is 0 Å². The normalized spacial score (nSPS) is 12.3. The minimum Gasteiger partial charge on any atom is -0.285 e. The lowest BCUT2D eigenvalue weighted by atomic mass is 9.84. The molecule has 0 aliphatic heterocycles.